The van der Waals surface area contributed by atoms with Crippen LogP contribution in [0, 0.1) is 5.92 Å². The SMILES string of the molecule is O=C(C[C@@H]1CCS(=O)(=O)C1)Oc1cccc2c1CCCC2. The van der Waals surface area contributed by atoms with E-state index in [1.54, 1.807) is 0 Å². The molecule has 1 aliphatic heterocycles. The first-order chi connectivity index (χ1) is 10.0. The van der Waals surface area contributed by atoms with Crippen molar-refractivity contribution in [2.24, 2.45) is 5.92 Å². The predicted molar refractivity (Wildman–Crippen MR) is 80.1 cm³/mol. The van der Waals surface area contributed by atoms with E-state index in [0.717, 1.165) is 24.8 Å². The zero-order valence-electron chi connectivity index (χ0n) is 12.0. The zero-order chi connectivity index (χ0) is 14.9. The third-order valence-electron chi connectivity index (χ3n) is 4.36. The molecule has 5 heteroatoms. The Morgan fingerprint density at radius 1 is 1.24 bits per heavy atom. The molecule has 1 atom stereocenters. The van der Waals surface area contributed by atoms with E-state index in [4.69, 9.17) is 4.74 Å². The molecule has 0 unspecified atom stereocenters. The molecule has 0 aromatic heterocycles. The summed E-state index contributed by atoms with van der Waals surface area (Å²) in [6, 6.07) is 5.86. The maximum absolute atomic E-state index is 12.0. The fourth-order valence-corrected chi connectivity index (χ4v) is 5.14. The van der Waals surface area contributed by atoms with Gasteiger partial charge in [-0.05, 0) is 55.2 Å². The van der Waals surface area contributed by atoms with Gasteiger partial charge >= 0.3 is 5.97 Å². The number of ether oxygens (including phenoxy) is 1. The summed E-state index contributed by atoms with van der Waals surface area (Å²) in [4.78, 5) is 12.0. The van der Waals surface area contributed by atoms with Gasteiger partial charge < -0.3 is 4.74 Å². The lowest BCUT2D eigenvalue weighted by Crippen LogP contribution is -2.16. The normalized spacial score (nSPS) is 23.5. The summed E-state index contributed by atoms with van der Waals surface area (Å²) < 4.78 is 28.3. The van der Waals surface area contributed by atoms with Crippen LogP contribution in [0.3, 0.4) is 0 Å². The van der Waals surface area contributed by atoms with E-state index < -0.39 is 9.84 Å². The molecular weight excluding hydrogens is 288 g/mol. The predicted octanol–water partition coefficient (Wildman–Crippen LogP) is 2.30. The van der Waals surface area contributed by atoms with Crippen molar-refractivity contribution in [1.29, 1.82) is 0 Å². The fraction of sp³-hybridized carbons (Fsp3) is 0.562. The summed E-state index contributed by atoms with van der Waals surface area (Å²) in [5.41, 5.74) is 2.42. The third kappa shape index (κ3) is 3.46. The highest BCUT2D eigenvalue weighted by Gasteiger charge is 2.30. The minimum atomic E-state index is -2.94. The Labute approximate surface area is 125 Å². The van der Waals surface area contributed by atoms with Gasteiger partial charge in [-0.25, -0.2) is 8.42 Å². The van der Waals surface area contributed by atoms with E-state index in [-0.39, 0.29) is 29.8 Å². The largest absolute Gasteiger partial charge is 0.426 e. The van der Waals surface area contributed by atoms with Crippen molar-refractivity contribution in [2.45, 2.75) is 38.5 Å². The molecule has 4 nitrogen and oxygen atoms in total. The van der Waals surface area contributed by atoms with E-state index in [1.165, 1.54) is 12.0 Å². The summed E-state index contributed by atoms with van der Waals surface area (Å²) in [6.45, 7) is 0. The highest BCUT2D eigenvalue weighted by molar-refractivity contribution is 7.91. The average Bonchev–Trinajstić information content (AvgIpc) is 2.78. The molecule has 0 radical (unpaired) electrons. The maximum atomic E-state index is 12.0. The molecule has 0 bridgehead atoms. The lowest BCUT2D eigenvalue weighted by atomic mass is 9.91. The van der Waals surface area contributed by atoms with Crippen LogP contribution < -0.4 is 4.74 Å². The smallest absolute Gasteiger partial charge is 0.311 e. The van der Waals surface area contributed by atoms with Crippen LogP contribution >= 0.6 is 0 Å². The number of rotatable bonds is 3. The maximum Gasteiger partial charge on any atom is 0.311 e. The van der Waals surface area contributed by atoms with Gasteiger partial charge in [-0.2, -0.15) is 0 Å². The second kappa shape index (κ2) is 5.79. The van der Waals surface area contributed by atoms with Crippen molar-refractivity contribution in [3.63, 3.8) is 0 Å². The fourth-order valence-electron chi connectivity index (χ4n) is 3.27. The highest BCUT2D eigenvalue weighted by atomic mass is 32.2. The van der Waals surface area contributed by atoms with Gasteiger partial charge in [0.2, 0.25) is 0 Å². The number of sulfone groups is 1. The molecule has 0 saturated carbocycles. The first-order valence-corrected chi connectivity index (χ1v) is 9.37. The minimum Gasteiger partial charge on any atom is -0.426 e. The molecule has 0 amide bonds. The second-order valence-electron chi connectivity index (χ2n) is 6.05. The van der Waals surface area contributed by atoms with E-state index in [2.05, 4.69) is 6.07 Å². The molecule has 0 N–H and O–H groups in total. The number of benzene rings is 1. The van der Waals surface area contributed by atoms with E-state index in [0.29, 0.717) is 12.2 Å². The Bertz CT molecular complexity index is 648. The molecule has 1 heterocycles. The molecule has 1 saturated heterocycles. The molecular formula is C16H20O4S. The van der Waals surface area contributed by atoms with Crippen LogP contribution in [0.25, 0.3) is 0 Å². The third-order valence-corrected chi connectivity index (χ3v) is 6.20. The number of hydrogen-bond donors (Lipinski definition) is 0. The number of carbonyl (C=O) groups excluding carboxylic acids is 1. The number of carbonyl (C=O) groups is 1. The Morgan fingerprint density at radius 3 is 2.81 bits per heavy atom. The van der Waals surface area contributed by atoms with Gasteiger partial charge in [0.15, 0.2) is 9.84 Å². The Balaban J connectivity index is 1.66. The van der Waals surface area contributed by atoms with Crippen LogP contribution in [-0.2, 0) is 27.5 Å². The summed E-state index contributed by atoms with van der Waals surface area (Å²) in [6.07, 6.45) is 5.08. The van der Waals surface area contributed by atoms with Crippen LogP contribution in [0.1, 0.15) is 36.8 Å². The van der Waals surface area contributed by atoms with Gasteiger partial charge in [0.25, 0.3) is 0 Å². The lowest BCUT2D eigenvalue weighted by molar-refractivity contribution is -0.135. The average molecular weight is 308 g/mol. The van der Waals surface area contributed by atoms with Crippen molar-refractivity contribution in [3.05, 3.63) is 29.3 Å². The minimum absolute atomic E-state index is 0.0814. The number of aryl methyl sites for hydroxylation is 1. The summed E-state index contributed by atoms with van der Waals surface area (Å²) in [5, 5.41) is 0. The van der Waals surface area contributed by atoms with Crippen LogP contribution in [0.2, 0.25) is 0 Å². The van der Waals surface area contributed by atoms with Gasteiger partial charge in [-0.15, -0.1) is 0 Å². The second-order valence-corrected chi connectivity index (χ2v) is 8.28. The van der Waals surface area contributed by atoms with Crippen molar-refractivity contribution in [3.8, 4) is 5.75 Å². The Kier molecular flexibility index (Phi) is 4.02. The number of esters is 1. The molecule has 1 aromatic carbocycles. The summed E-state index contributed by atoms with van der Waals surface area (Å²) in [7, 11) is -2.94. The van der Waals surface area contributed by atoms with E-state index in [9.17, 15) is 13.2 Å². The van der Waals surface area contributed by atoms with Gasteiger partial charge in [0, 0.05) is 6.42 Å². The lowest BCUT2D eigenvalue weighted by Gasteiger charge is -2.19. The monoisotopic (exact) mass is 308 g/mol. The molecule has 1 fully saturated rings. The molecule has 21 heavy (non-hydrogen) atoms. The van der Waals surface area contributed by atoms with Crippen LogP contribution in [-0.4, -0.2) is 25.9 Å². The standard InChI is InChI=1S/C16H20O4S/c17-16(10-12-8-9-21(18,19)11-12)20-15-7-3-5-13-4-1-2-6-14(13)15/h3,5,7,12H,1-2,4,6,8-11H2/t12-/m0/s1. The molecule has 114 valence electrons. The van der Waals surface area contributed by atoms with Gasteiger partial charge in [0.05, 0.1) is 11.5 Å². The zero-order valence-corrected chi connectivity index (χ0v) is 12.8. The van der Waals surface area contributed by atoms with E-state index >= 15 is 0 Å². The first kappa shape index (κ1) is 14.6. The van der Waals surface area contributed by atoms with Crippen LogP contribution in [0.4, 0.5) is 0 Å². The molecule has 0 spiro atoms. The van der Waals surface area contributed by atoms with Crippen molar-refractivity contribution < 1.29 is 17.9 Å². The number of fused-ring (bicyclic) bond motifs is 1. The van der Waals surface area contributed by atoms with Gasteiger partial charge in [0.1, 0.15) is 5.75 Å². The highest BCUT2D eigenvalue weighted by Crippen LogP contribution is 2.30. The summed E-state index contributed by atoms with van der Waals surface area (Å²) in [5.74, 6) is 0.594. The van der Waals surface area contributed by atoms with Crippen molar-refractivity contribution in [2.75, 3.05) is 11.5 Å². The quantitative estimate of drug-likeness (QED) is 0.635. The Hall–Kier alpha value is -1.36. The topological polar surface area (TPSA) is 60.4 Å². The Morgan fingerprint density at radius 2 is 2.05 bits per heavy atom. The van der Waals surface area contributed by atoms with Gasteiger partial charge in [-0.1, -0.05) is 12.1 Å². The van der Waals surface area contributed by atoms with E-state index in [1.807, 2.05) is 12.1 Å². The van der Waals surface area contributed by atoms with Crippen molar-refractivity contribution >= 4 is 15.8 Å². The molecule has 1 aliphatic carbocycles. The molecule has 1 aromatic rings. The van der Waals surface area contributed by atoms with Gasteiger partial charge in [-0.3, -0.25) is 4.79 Å². The van der Waals surface area contributed by atoms with Crippen molar-refractivity contribution in [1.82, 2.24) is 0 Å². The first-order valence-electron chi connectivity index (χ1n) is 7.55. The number of hydrogen-bond acceptors (Lipinski definition) is 4. The molecule has 2 aliphatic rings. The van der Waals surface area contributed by atoms with Crippen LogP contribution in [0.5, 0.6) is 5.75 Å². The molecule has 3 rings (SSSR count). The van der Waals surface area contributed by atoms with Crippen LogP contribution in [0.15, 0.2) is 18.2 Å². The summed E-state index contributed by atoms with van der Waals surface area (Å²) >= 11 is 0.